The van der Waals surface area contributed by atoms with Crippen LogP contribution in [0, 0.1) is 40.9 Å². The van der Waals surface area contributed by atoms with Gasteiger partial charge >= 0.3 is 48.1 Å². The number of rotatable bonds is 36. The Bertz CT molecular complexity index is 4730. The third kappa shape index (κ3) is 40.6. The molecule has 9 atom stereocenters. The van der Waals surface area contributed by atoms with Gasteiger partial charge in [0.2, 0.25) is 29.5 Å². The van der Waals surface area contributed by atoms with Crippen molar-refractivity contribution in [1.82, 2.24) is 40.0 Å². The molecular weight excluding hydrogens is 1770 g/mol. The van der Waals surface area contributed by atoms with Gasteiger partial charge in [0.05, 0.1) is 50.4 Å². The van der Waals surface area contributed by atoms with Crippen LogP contribution in [0.1, 0.15) is 277 Å². The van der Waals surface area contributed by atoms with E-state index in [1.165, 1.54) is 41.9 Å². The van der Waals surface area contributed by atoms with Crippen molar-refractivity contribution in [2.24, 2.45) is 39.7 Å². The van der Waals surface area contributed by atoms with Gasteiger partial charge in [-0.15, -0.1) is 0 Å². The predicted octanol–water partition coefficient (Wildman–Crippen LogP) is 17.2. The van der Waals surface area contributed by atoms with Gasteiger partial charge in [0.1, 0.15) is 53.6 Å². The molecule has 139 heavy (non-hydrogen) atoms. The average molecular weight is 1950 g/mol. The summed E-state index contributed by atoms with van der Waals surface area (Å²) in [6.45, 7) is 72.1. The highest BCUT2D eigenvalue weighted by molar-refractivity contribution is 5.95. The van der Waals surface area contributed by atoms with Crippen LogP contribution in [0.4, 0.5) is 20.1 Å². The van der Waals surface area contributed by atoms with Gasteiger partial charge in [-0.2, -0.15) is 0 Å². The molecule has 0 aliphatic rings. The Labute approximate surface area is 832 Å². The minimum Gasteiger partial charge on any atom is -0.480 e. The lowest BCUT2D eigenvalue weighted by Crippen LogP contribution is -2.63. The number of aryl methyl sites for hydroxylation is 1. The Morgan fingerprint density at radius 2 is 0.705 bits per heavy atom. The summed E-state index contributed by atoms with van der Waals surface area (Å²) in [5.41, 5.74) is 11.1. The zero-order chi connectivity index (χ0) is 109. The highest BCUT2D eigenvalue weighted by atomic mass is 16.6. The molecule has 0 saturated carbocycles. The van der Waals surface area contributed by atoms with Gasteiger partial charge in [-0.1, -0.05) is 243 Å². The molecule has 0 aliphatic heterocycles. The molecule has 8 amide bonds. The summed E-state index contributed by atoms with van der Waals surface area (Å²) in [4.78, 5) is 178. The number of nitrogens with zero attached hydrogens (tertiary/aromatic N) is 6. The van der Waals surface area contributed by atoms with E-state index in [2.05, 4.69) is 17.2 Å². The molecule has 1 unspecified atom stereocenters. The van der Waals surface area contributed by atoms with Crippen LogP contribution in [0.25, 0.3) is 0 Å². The second kappa shape index (κ2) is 54.0. The third-order valence-corrected chi connectivity index (χ3v) is 23.2. The van der Waals surface area contributed by atoms with Crippen LogP contribution >= 0.6 is 0 Å². The summed E-state index contributed by atoms with van der Waals surface area (Å²) in [6.07, 6.45) is 4.68. The Hall–Kier alpha value is -11.1. The van der Waals surface area contributed by atoms with Crippen LogP contribution in [0.3, 0.4) is 0 Å². The molecule has 3 rings (SSSR count). The summed E-state index contributed by atoms with van der Waals surface area (Å²) in [5, 5.41) is 15.7. The molecule has 3 aromatic carbocycles. The summed E-state index contributed by atoms with van der Waals surface area (Å²) in [5.74, 6) is -4.64. The largest absolute Gasteiger partial charge is 0.480 e. The van der Waals surface area contributed by atoms with Crippen molar-refractivity contribution in [2.45, 2.75) is 350 Å². The van der Waals surface area contributed by atoms with Crippen LogP contribution in [0.5, 0.6) is 0 Å². The Morgan fingerprint density at radius 3 is 0.986 bits per heavy atom. The number of esters is 4. The number of anilines is 1. The number of ether oxygens (including phenoxy) is 7. The quantitative estimate of drug-likeness (QED) is 0.0119. The minimum absolute atomic E-state index is 0.00453. The van der Waals surface area contributed by atoms with E-state index in [0.717, 1.165) is 21.6 Å². The van der Waals surface area contributed by atoms with Crippen molar-refractivity contribution < 1.29 is 101 Å². The molecule has 0 heterocycles. The molecule has 0 bridgehead atoms. The van der Waals surface area contributed by atoms with Crippen molar-refractivity contribution in [3.63, 3.8) is 0 Å². The van der Waals surface area contributed by atoms with Gasteiger partial charge in [-0.3, -0.25) is 43.5 Å². The second-order valence-corrected chi connectivity index (χ2v) is 44.5. The minimum atomic E-state index is -1.16. The van der Waals surface area contributed by atoms with Gasteiger partial charge in [0.25, 0.3) is 0 Å². The fourth-order valence-electron chi connectivity index (χ4n) is 15.3. The topological polar surface area (TPSA) is 402 Å². The van der Waals surface area contributed by atoms with E-state index in [0.29, 0.717) is 40.1 Å². The van der Waals surface area contributed by atoms with Crippen LogP contribution in [-0.2, 0) is 104 Å². The number of amides is 8. The number of hydrogen-bond acceptors (Lipinski definition) is 22. The number of hydrogen-bond donors (Lipinski definition) is 5. The average Bonchev–Trinajstić information content (AvgIpc) is 0.826. The summed E-state index contributed by atoms with van der Waals surface area (Å²) in [6, 6.07) is 15.1. The molecule has 7 N–H and O–H groups in total. The van der Waals surface area contributed by atoms with Crippen LogP contribution < -0.4 is 22.1 Å². The van der Waals surface area contributed by atoms with Crippen molar-refractivity contribution in [1.29, 1.82) is 0 Å². The molecule has 0 aliphatic carbocycles. The predicted molar refractivity (Wildman–Crippen MR) is 549 cm³/mol. The summed E-state index contributed by atoms with van der Waals surface area (Å²) < 4.78 is 37.1. The van der Waals surface area contributed by atoms with E-state index < -0.39 is 146 Å². The third-order valence-electron chi connectivity index (χ3n) is 23.2. The fourth-order valence-corrected chi connectivity index (χ4v) is 15.3. The van der Waals surface area contributed by atoms with Gasteiger partial charge < -0.3 is 75.1 Å². The van der Waals surface area contributed by atoms with Crippen molar-refractivity contribution >= 4 is 83.3 Å². The lowest BCUT2D eigenvalue weighted by Gasteiger charge is -2.42. The maximum Gasteiger partial charge on any atom is 0.410 e. The first-order chi connectivity index (χ1) is 63.1. The molecule has 0 aromatic heterocycles. The van der Waals surface area contributed by atoms with E-state index in [1.807, 2.05) is 195 Å². The van der Waals surface area contributed by atoms with E-state index in [4.69, 9.17) is 44.6 Å². The van der Waals surface area contributed by atoms with E-state index in [-0.39, 0.29) is 79.1 Å². The van der Waals surface area contributed by atoms with E-state index >= 15 is 0 Å². The SMILES string of the molecule is C=CCOC(=O)Cc1cccc(C(C)(C)[C@@H](C(=O)N[C@H](C(=O)N(C)[C@H](/C=C(\C)C(=O)OCC)C(C)C)C(C)(C)C)N(C)C(=O)OC(C)(C)C)c1.CCOC(=O)/C(C)=C/[C@H](C(C)C)N(C)C(=O)[C@@H](N)C(C)(C)C.CCOC(=O)/C(C)=C/[C@H](C(C)C)N(C)C(=O)[C@@H](NC(=O)C(N(C)C(=O)OC(C)(C)C)C(C)(C)c1cccc(N)c1)C(C)(C)C.Cc1cccc(C(C)(C)[C@@H](C(=O)O)N(C)C(=O)OC(C)(C)C)c1. The van der Waals surface area contributed by atoms with Gasteiger partial charge in [0, 0.05) is 80.9 Å². The Kier molecular flexibility index (Phi) is 49.7. The van der Waals surface area contributed by atoms with Crippen molar-refractivity contribution in [3.05, 3.63) is 148 Å². The lowest BCUT2D eigenvalue weighted by molar-refractivity contribution is -0.145. The summed E-state index contributed by atoms with van der Waals surface area (Å²) >= 11 is 0. The smallest absolute Gasteiger partial charge is 0.410 e. The Morgan fingerprint density at radius 1 is 0.410 bits per heavy atom. The number of aliphatic carboxylic acids is 1. The van der Waals surface area contributed by atoms with Gasteiger partial charge in [0.15, 0.2) is 0 Å². The zero-order valence-corrected chi connectivity index (χ0v) is 92.4. The fraction of sp³-hybridized carbons (Fsp3) is 0.639. The molecule has 784 valence electrons. The van der Waals surface area contributed by atoms with Gasteiger partial charge in [-0.25, -0.2) is 33.6 Å². The van der Waals surface area contributed by atoms with Crippen LogP contribution in [0.2, 0.25) is 0 Å². The van der Waals surface area contributed by atoms with Crippen molar-refractivity contribution in [2.75, 3.05) is 74.4 Å². The van der Waals surface area contributed by atoms with E-state index in [1.54, 1.807) is 183 Å². The number of benzene rings is 3. The monoisotopic (exact) mass is 1950 g/mol. The normalized spacial score (nSPS) is 14.4. The molecule has 0 fully saturated rings. The number of nitrogen functional groups attached to an aromatic ring is 1. The number of carboxylic acids is 1. The lowest BCUT2D eigenvalue weighted by atomic mass is 9.75. The van der Waals surface area contributed by atoms with Crippen LogP contribution in [0.15, 0.2) is 120 Å². The molecule has 3 aromatic rings. The first-order valence-electron chi connectivity index (χ1n) is 47.7. The molecule has 0 radical (unpaired) electrons. The first kappa shape index (κ1) is 128. The highest BCUT2D eigenvalue weighted by Crippen LogP contribution is 2.38. The number of nitrogens with two attached hydrogens (primary N) is 2. The molecular formula is C108H176N10O21. The maximum atomic E-state index is 14.6. The molecule has 0 saturated heterocycles. The number of carboxylic acid groups (broad SMARTS) is 1. The highest BCUT2D eigenvalue weighted by Gasteiger charge is 2.50. The van der Waals surface area contributed by atoms with E-state index in [9.17, 15) is 67.4 Å². The second-order valence-electron chi connectivity index (χ2n) is 44.5. The number of carbonyl (C=O) groups excluding carboxylic acids is 12. The van der Waals surface area contributed by atoms with Gasteiger partial charge in [-0.05, 0) is 179 Å². The van der Waals surface area contributed by atoms with Crippen molar-refractivity contribution in [3.8, 4) is 0 Å². The first-order valence-corrected chi connectivity index (χ1v) is 47.7. The number of likely N-dealkylation sites (N-methyl/N-ethyl adjacent to an activating group) is 6. The summed E-state index contributed by atoms with van der Waals surface area (Å²) in [7, 11) is 9.51. The Balaban J connectivity index is 0.00000194. The van der Waals surface area contributed by atoms with Crippen LogP contribution in [-0.4, -0.2) is 252 Å². The molecule has 31 heteroatoms. The maximum absolute atomic E-state index is 14.6. The molecule has 0 spiro atoms. The molecule has 31 nitrogen and oxygen atoms in total. The number of carbonyl (C=O) groups is 13. The standard InChI is InChI=1S/C39H61N3O8.C34H56N4O6.C18H27NO4.C17H32N2O3/c1-16-21-49-30(43)24-27-19-18-20-28(23-27)39(12,13)32(42(15)36(47)50-38(9,10)11)33(44)40-31(37(6,7)8)34(45)41(14)29(25(3)4)22-26(5)35(46)48-17-2;1-15-43-30(41)22(4)19-25(21(2)3)37(13)29(40)26(32(5,6)7)36-28(39)27(38(14)31(42)44-33(8,9)10)34(11,12)23-17-16-18-24(35)20-23;1-12-9-8-10-13(11-12)18(5,6)14(15(20)21)19(7)16(22)23-17(2,3)4;1-9-22-16(21)12(4)10-13(11(2)3)19(8)15(20)14(18)17(5,6)7/h16,18-20,22-23,25,29,31-32H,1,17,21,24H2,2-15H3,(H,40,44);16-21,25-27H,15,35H2,1-14H3,(H,36,39);8-11,14H,1-7H3,(H,20,21);10-11,13-14H,9,18H2,1-8H3/b26-22+;22-19+;;12-10+/t29-,31-,32-;25-,26-,27?;14-;13-,14-/m1111/s1. The zero-order valence-electron chi connectivity index (χ0n) is 92.4. The number of nitrogens with one attached hydrogen (secondary N) is 2.